The van der Waals surface area contributed by atoms with E-state index in [-0.39, 0.29) is 5.63 Å². The van der Waals surface area contributed by atoms with Crippen LogP contribution >= 0.6 is 11.6 Å². The maximum atomic E-state index is 12.8. The van der Waals surface area contributed by atoms with Gasteiger partial charge in [-0.15, -0.1) is 0 Å². The lowest BCUT2D eigenvalue weighted by molar-refractivity contribution is 0.506. The third kappa shape index (κ3) is 3.48. The number of halogens is 1. The van der Waals surface area contributed by atoms with Crippen molar-refractivity contribution in [2.75, 3.05) is 0 Å². The van der Waals surface area contributed by atoms with Crippen molar-refractivity contribution in [3.8, 4) is 0 Å². The summed E-state index contributed by atoms with van der Waals surface area (Å²) < 4.78 is 7.47. The van der Waals surface area contributed by atoms with Gasteiger partial charge in [-0.2, -0.15) is 5.10 Å². The first kappa shape index (κ1) is 18.5. The van der Waals surface area contributed by atoms with Crippen molar-refractivity contribution in [1.82, 2.24) is 9.78 Å². The average Bonchev–Trinajstić information content (AvgIpc) is 2.95. The minimum Gasteiger partial charge on any atom is -0.404 e. The second kappa shape index (κ2) is 7.28. The molecule has 0 aliphatic heterocycles. The molecule has 0 radical (unpaired) electrons. The summed E-state index contributed by atoms with van der Waals surface area (Å²) in [6, 6.07) is 15.8. The standard InChI is InChI=1S/C23H21ClN2O2/c1-14-7-9-17(10-8-14)12-20-15(2)21-16(3)25-26(22(21)28-23(20)27)13-18-5-4-6-19(24)11-18/h4-11H,12-13H2,1-3H3. The normalized spacial score (nSPS) is 11.3. The summed E-state index contributed by atoms with van der Waals surface area (Å²) in [6.07, 6.45) is 0.545. The highest BCUT2D eigenvalue weighted by atomic mass is 35.5. The Morgan fingerprint density at radius 1 is 1.04 bits per heavy atom. The van der Waals surface area contributed by atoms with Crippen LogP contribution in [0.5, 0.6) is 0 Å². The third-order valence-electron chi connectivity index (χ3n) is 5.07. The number of hydrogen-bond acceptors (Lipinski definition) is 3. The van der Waals surface area contributed by atoms with E-state index in [0.717, 1.165) is 27.8 Å². The maximum absolute atomic E-state index is 12.8. The molecule has 4 aromatic rings. The van der Waals surface area contributed by atoms with Gasteiger partial charge in [0.25, 0.3) is 0 Å². The zero-order valence-electron chi connectivity index (χ0n) is 16.1. The molecule has 0 N–H and O–H groups in total. The van der Waals surface area contributed by atoms with Gasteiger partial charge in [-0.25, -0.2) is 9.48 Å². The SMILES string of the molecule is Cc1ccc(Cc2c(C)c3c(C)nn(Cc4cccc(Cl)c4)c3oc2=O)cc1. The lowest BCUT2D eigenvalue weighted by atomic mass is 10.00. The van der Waals surface area contributed by atoms with E-state index in [2.05, 4.69) is 17.2 Å². The van der Waals surface area contributed by atoms with Crippen molar-refractivity contribution in [1.29, 1.82) is 0 Å². The molecule has 0 atom stereocenters. The molecule has 28 heavy (non-hydrogen) atoms. The molecule has 2 aromatic heterocycles. The number of rotatable bonds is 4. The van der Waals surface area contributed by atoms with Gasteiger partial charge in [0.1, 0.15) is 0 Å². The molecule has 0 unspecified atom stereocenters. The smallest absolute Gasteiger partial charge is 0.341 e. The van der Waals surface area contributed by atoms with Crippen LogP contribution in [0.25, 0.3) is 11.1 Å². The highest BCUT2D eigenvalue weighted by Gasteiger charge is 2.18. The number of aromatic nitrogens is 2. The third-order valence-corrected chi connectivity index (χ3v) is 5.30. The molecule has 142 valence electrons. The molecule has 0 amide bonds. The van der Waals surface area contributed by atoms with E-state index in [0.29, 0.717) is 29.3 Å². The largest absolute Gasteiger partial charge is 0.404 e. The van der Waals surface area contributed by atoms with E-state index >= 15 is 0 Å². The van der Waals surface area contributed by atoms with E-state index in [1.54, 1.807) is 4.68 Å². The van der Waals surface area contributed by atoms with Crippen LogP contribution in [0.2, 0.25) is 5.02 Å². The summed E-state index contributed by atoms with van der Waals surface area (Å²) in [7, 11) is 0. The van der Waals surface area contributed by atoms with Gasteiger partial charge in [0.05, 0.1) is 17.6 Å². The summed E-state index contributed by atoms with van der Waals surface area (Å²) in [5.74, 6) is 0. The van der Waals surface area contributed by atoms with Crippen molar-refractivity contribution in [3.05, 3.63) is 97.5 Å². The van der Waals surface area contributed by atoms with Crippen molar-refractivity contribution >= 4 is 22.7 Å². The lowest BCUT2D eigenvalue weighted by Crippen LogP contribution is -2.12. The summed E-state index contributed by atoms with van der Waals surface area (Å²) in [5, 5.41) is 6.19. The van der Waals surface area contributed by atoms with Gasteiger partial charge in [0.2, 0.25) is 5.71 Å². The molecule has 2 aromatic carbocycles. The first-order valence-corrected chi connectivity index (χ1v) is 9.60. The van der Waals surface area contributed by atoms with Crippen LogP contribution in [0.3, 0.4) is 0 Å². The Kier molecular flexibility index (Phi) is 4.82. The predicted molar refractivity (Wildman–Crippen MR) is 112 cm³/mol. The Morgan fingerprint density at radius 2 is 1.79 bits per heavy atom. The molecular formula is C23H21ClN2O2. The second-order valence-electron chi connectivity index (χ2n) is 7.21. The van der Waals surface area contributed by atoms with Crippen LogP contribution in [0.4, 0.5) is 0 Å². The maximum Gasteiger partial charge on any atom is 0.341 e. The Bertz CT molecular complexity index is 1220. The second-order valence-corrected chi connectivity index (χ2v) is 7.65. The van der Waals surface area contributed by atoms with Crippen LogP contribution in [0.1, 0.15) is 33.5 Å². The number of fused-ring (bicyclic) bond motifs is 1. The predicted octanol–water partition coefficient (Wildman–Crippen LogP) is 5.21. The summed E-state index contributed by atoms with van der Waals surface area (Å²) in [5.41, 5.74) is 5.95. The molecule has 4 rings (SSSR count). The van der Waals surface area contributed by atoms with Crippen molar-refractivity contribution in [2.24, 2.45) is 0 Å². The molecule has 0 saturated heterocycles. The molecule has 0 aliphatic rings. The van der Waals surface area contributed by atoms with Gasteiger partial charge in [-0.1, -0.05) is 53.6 Å². The van der Waals surface area contributed by atoms with Gasteiger partial charge in [-0.05, 0) is 49.6 Å². The minimum absolute atomic E-state index is 0.308. The minimum atomic E-state index is -0.308. The molecule has 4 nitrogen and oxygen atoms in total. The number of nitrogens with zero attached hydrogens (tertiary/aromatic N) is 2. The van der Waals surface area contributed by atoms with Crippen LogP contribution in [-0.4, -0.2) is 9.78 Å². The number of aryl methyl sites for hydroxylation is 3. The zero-order chi connectivity index (χ0) is 19.8. The zero-order valence-corrected chi connectivity index (χ0v) is 16.9. The molecule has 0 spiro atoms. The molecule has 5 heteroatoms. The highest BCUT2D eigenvalue weighted by Crippen LogP contribution is 2.25. The lowest BCUT2D eigenvalue weighted by Gasteiger charge is -2.08. The van der Waals surface area contributed by atoms with Crippen LogP contribution in [0, 0.1) is 20.8 Å². The van der Waals surface area contributed by atoms with Crippen LogP contribution in [-0.2, 0) is 13.0 Å². The Morgan fingerprint density at radius 3 is 2.50 bits per heavy atom. The quantitative estimate of drug-likeness (QED) is 0.479. The first-order chi connectivity index (χ1) is 13.4. The Labute approximate surface area is 168 Å². The van der Waals surface area contributed by atoms with Gasteiger partial charge >= 0.3 is 5.63 Å². The van der Waals surface area contributed by atoms with Crippen molar-refractivity contribution in [2.45, 2.75) is 33.7 Å². The Hall–Kier alpha value is -2.85. The van der Waals surface area contributed by atoms with Crippen molar-refractivity contribution in [3.63, 3.8) is 0 Å². The van der Waals surface area contributed by atoms with E-state index in [1.165, 1.54) is 5.56 Å². The monoisotopic (exact) mass is 392 g/mol. The van der Waals surface area contributed by atoms with E-state index in [4.69, 9.17) is 16.0 Å². The summed E-state index contributed by atoms with van der Waals surface area (Å²) in [6.45, 7) is 6.46. The van der Waals surface area contributed by atoms with Gasteiger partial charge < -0.3 is 4.42 Å². The molecule has 0 fully saturated rings. The van der Waals surface area contributed by atoms with E-state index < -0.39 is 0 Å². The Balaban J connectivity index is 1.78. The van der Waals surface area contributed by atoms with E-state index in [1.807, 2.05) is 57.2 Å². The fourth-order valence-corrected chi connectivity index (χ4v) is 3.79. The molecular weight excluding hydrogens is 372 g/mol. The fourth-order valence-electron chi connectivity index (χ4n) is 3.58. The topological polar surface area (TPSA) is 48.0 Å². The first-order valence-electron chi connectivity index (χ1n) is 9.22. The molecule has 0 saturated carbocycles. The molecule has 2 heterocycles. The van der Waals surface area contributed by atoms with Gasteiger partial charge in [0, 0.05) is 17.0 Å². The average molecular weight is 393 g/mol. The summed E-state index contributed by atoms with van der Waals surface area (Å²) >= 11 is 6.09. The van der Waals surface area contributed by atoms with Gasteiger partial charge in [0.15, 0.2) is 0 Å². The van der Waals surface area contributed by atoms with Gasteiger partial charge in [-0.3, -0.25) is 0 Å². The van der Waals surface area contributed by atoms with Crippen LogP contribution < -0.4 is 5.63 Å². The van der Waals surface area contributed by atoms with Crippen LogP contribution in [0.15, 0.2) is 57.7 Å². The van der Waals surface area contributed by atoms with E-state index in [9.17, 15) is 4.79 Å². The number of benzene rings is 2. The summed E-state index contributed by atoms with van der Waals surface area (Å²) in [4.78, 5) is 12.8. The fraction of sp³-hybridized carbons (Fsp3) is 0.217. The molecule has 0 bridgehead atoms. The highest BCUT2D eigenvalue weighted by molar-refractivity contribution is 6.30. The molecule has 0 aliphatic carbocycles. The number of hydrogen-bond donors (Lipinski definition) is 0. The van der Waals surface area contributed by atoms with Crippen molar-refractivity contribution < 1.29 is 4.42 Å².